The Morgan fingerprint density at radius 1 is 0.609 bits per heavy atom. The summed E-state index contributed by atoms with van der Waals surface area (Å²) in [6.45, 7) is 20.7. The molecule has 0 aromatic rings. The van der Waals surface area contributed by atoms with Crippen molar-refractivity contribution < 1.29 is 0 Å². The van der Waals surface area contributed by atoms with Crippen molar-refractivity contribution >= 4 is 0 Å². The van der Waals surface area contributed by atoms with Gasteiger partial charge < -0.3 is 0 Å². The van der Waals surface area contributed by atoms with E-state index < -0.39 is 0 Å². The van der Waals surface area contributed by atoms with Crippen LogP contribution < -0.4 is 0 Å². The maximum Gasteiger partial charge on any atom is -0.0274 e. The van der Waals surface area contributed by atoms with Crippen molar-refractivity contribution in [2.45, 2.75) is 101 Å². The molecule has 0 aliphatic carbocycles. The molecule has 0 amide bonds. The molecule has 0 aliphatic rings. The van der Waals surface area contributed by atoms with Gasteiger partial charge in [-0.25, -0.2) is 0 Å². The lowest BCUT2D eigenvalue weighted by Crippen LogP contribution is -2.04. The van der Waals surface area contributed by atoms with Crippen LogP contribution in [0, 0.1) is 10.8 Å². The Morgan fingerprint density at radius 3 is 1.48 bits per heavy atom. The molecule has 0 heteroatoms. The van der Waals surface area contributed by atoms with Gasteiger partial charge in [0.1, 0.15) is 0 Å². The van der Waals surface area contributed by atoms with Crippen molar-refractivity contribution in [2.24, 2.45) is 10.8 Å². The van der Waals surface area contributed by atoms with Gasteiger partial charge in [0.05, 0.1) is 0 Å². The van der Waals surface area contributed by atoms with Crippen LogP contribution >= 0.6 is 0 Å². The molecule has 0 aromatic heterocycles. The van der Waals surface area contributed by atoms with Gasteiger partial charge in [-0.05, 0) is 70.1 Å². The summed E-state index contributed by atoms with van der Waals surface area (Å²) in [4.78, 5) is 0. The Hall–Kier alpha value is -0.780. The predicted molar refractivity (Wildman–Crippen MR) is 108 cm³/mol. The smallest absolute Gasteiger partial charge is 0.0274 e. The van der Waals surface area contributed by atoms with E-state index in [1.165, 1.54) is 55.2 Å². The lowest BCUT2D eigenvalue weighted by atomic mass is 9.88. The van der Waals surface area contributed by atoms with Crippen molar-refractivity contribution in [3.05, 3.63) is 34.9 Å². The van der Waals surface area contributed by atoms with Crippen LogP contribution in [0.4, 0.5) is 0 Å². The summed E-state index contributed by atoms with van der Waals surface area (Å²) in [5.74, 6) is 0. The second-order valence-corrected chi connectivity index (χ2v) is 9.73. The molecular formula is C23H42. The second kappa shape index (κ2) is 10.2. The highest BCUT2D eigenvalue weighted by Gasteiger charge is 2.10. The summed E-state index contributed by atoms with van der Waals surface area (Å²) in [5.41, 5.74) is 5.41. The van der Waals surface area contributed by atoms with E-state index in [2.05, 4.69) is 80.5 Å². The molecule has 134 valence electrons. The van der Waals surface area contributed by atoms with Crippen molar-refractivity contribution in [3.8, 4) is 0 Å². The molecule has 0 unspecified atom stereocenters. The van der Waals surface area contributed by atoms with Gasteiger partial charge in [0.2, 0.25) is 0 Å². The highest BCUT2D eigenvalue weighted by Crippen LogP contribution is 2.24. The van der Waals surface area contributed by atoms with Gasteiger partial charge in [0, 0.05) is 0 Å². The fraction of sp³-hybridized carbons (Fsp3) is 0.739. The molecule has 0 aromatic carbocycles. The molecule has 0 radical (unpaired) electrons. The molecule has 0 nitrogen and oxygen atoms in total. The first-order valence-corrected chi connectivity index (χ1v) is 9.36. The molecule has 0 aliphatic heterocycles. The topological polar surface area (TPSA) is 0 Å². The first-order chi connectivity index (χ1) is 10.4. The first-order valence-electron chi connectivity index (χ1n) is 9.36. The largest absolute Gasteiger partial charge is 0.0853 e. The molecule has 0 spiro atoms. The Labute approximate surface area is 147 Å². The number of rotatable bonds is 8. The molecule has 0 rings (SSSR count). The normalized spacial score (nSPS) is 15.3. The zero-order valence-corrected chi connectivity index (χ0v) is 17.5. The standard InChI is InChI=1S/C23H42/c1-19(13-11-15-21(3)18-23(7,8)9)12-10-14-20(2)16-17-22(4,5)6/h12,15-16H,10-11,13-14,17-18H2,1-9H3/b19-12+,20-16+,21-15+. The fourth-order valence-electron chi connectivity index (χ4n) is 2.69. The summed E-state index contributed by atoms with van der Waals surface area (Å²) in [5, 5.41) is 0. The zero-order chi connectivity index (χ0) is 18.1. The lowest BCUT2D eigenvalue weighted by Gasteiger charge is -2.18. The quantitative estimate of drug-likeness (QED) is 0.395. The van der Waals surface area contributed by atoms with Crippen molar-refractivity contribution in [1.29, 1.82) is 0 Å². The zero-order valence-electron chi connectivity index (χ0n) is 17.5. The van der Waals surface area contributed by atoms with Crippen LogP contribution in [0.25, 0.3) is 0 Å². The van der Waals surface area contributed by atoms with E-state index in [9.17, 15) is 0 Å². The van der Waals surface area contributed by atoms with Gasteiger partial charge in [-0.3, -0.25) is 0 Å². The number of hydrogen-bond donors (Lipinski definition) is 0. The Kier molecular flexibility index (Phi) is 9.82. The second-order valence-electron chi connectivity index (χ2n) is 9.73. The van der Waals surface area contributed by atoms with Crippen LogP contribution in [0.3, 0.4) is 0 Å². The van der Waals surface area contributed by atoms with Crippen molar-refractivity contribution in [1.82, 2.24) is 0 Å². The van der Waals surface area contributed by atoms with Crippen LogP contribution in [0.2, 0.25) is 0 Å². The minimum Gasteiger partial charge on any atom is -0.0853 e. The average molecular weight is 319 g/mol. The van der Waals surface area contributed by atoms with E-state index >= 15 is 0 Å². The van der Waals surface area contributed by atoms with Crippen molar-refractivity contribution in [3.63, 3.8) is 0 Å². The molecular weight excluding hydrogens is 276 g/mol. The van der Waals surface area contributed by atoms with E-state index in [1.54, 1.807) is 0 Å². The van der Waals surface area contributed by atoms with Gasteiger partial charge in [-0.2, -0.15) is 0 Å². The van der Waals surface area contributed by atoms with Gasteiger partial charge in [-0.1, -0.05) is 76.5 Å². The van der Waals surface area contributed by atoms with E-state index in [1.807, 2.05) is 0 Å². The maximum atomic E-state index is 2.43. The summed E-state index contributed by atoms with van der Waals surface area (Å²) < 4.78 is 0. The maximum absolute atomic E-state index is 2.43. The average Bonchev–Trinajstić information content (AvgIpc) is 2.33. The van der Waals surface area contributed by atoms with Crippen LogP contribution in [0.15, 0.2) is 34.9 Å². The highest BCUT2D eigenvalue weighted by molar-refractivity contribution is 5.07. The SMILES string of the molecule is C/C(=C\CC/C(C)=C/CC(C)(C)C)CC/C=C(\C)CC(C)(C)C. The van der Waals surface area contributed by atoms with Crippen LogP contribution in [0.5, 0.6) is 0 Å². The third-order valence-corrected chi connectivity index (χ3v) is 3.94. The highest BCUT2D eigenvalue weighted by atomic mass is 14.2. The van der Waals surface area contributed by atoms with Crippen LogP contribution in [0.1, 0.15) is 101 Å². The molecule has 0 heterocycles. The molecule has 0 saturated carbocycles. The summed E-state index contributed by atoms with van der Waals surface area (Å²) in [6, 6.07) is 0. The molecule has 0 fully saturated rings. The van der Waals surface area contributed by atoms with Gasteiger partial charge >= 0.3 is 0 Å². The Bertz CT molecular complexity index is 416. The van der Waals surface area contributed by atoms with E-state index in [0.29, 0.717) is 10.8 Å². The Balaban J connectivity index is 4.11. The molecule has 0 bridgehead atoms. The summed E-state index contributed by atoms with van der Waals surface area (Å²) in [6.07, 6.45) is 14.4. The molecule has 0 N–H and O–H groups in total. The third-order valence-electron chi connectivity index (χ3n) is 3.94. The monoisotopic (exact) mass is 318 g/mol. The minimum absolute atomic E-state index is 0.405. The van der Waals surface area contributed by atoms with Gasteiger partial charge in [-0.15, -0.1) is 0 Å². The summed E-state index contributed by atoms with van der Waals surface area (Å²) >= 11 is 0. The number of hydrogen-bond acceptors (Lipinski definition) is 0. The molecule has 23 heavy (non-hydrogen) atoms. The Morgan fingerprint density at radius 2 is 1.04 bits per heavy atom. The van der Waals surface area contributed by atoms with E-state index in [0.717, 1.165) is 0 Å². The predicted octanol–water partition coefficient (Wildman–Crippen LogP) is 8.26. The van der Waals surface area contributed by atoms with E-state index in [4.69, 9.17) is 0 Å². The third kappa shape index (κ3) is 15.9. The van der Waals surface area contributed by atoms with Crippen molar-refractivity contribution in [2.75, 3.05) is 0 Å². The number of allylic oxidation sites excluding steroid dienone is 6. The molecule has 0 saturated heterocycles. The minimum atomic E-state index is 0.405. The lowest BCUT2D eigenvalue weighted by molar-refractivity contribution is 0.409. The van der Waals surface area contributed by atoms with E-state index in [-0.39, 0.29) is 0 Å². The fourth-order valence-corrected chi connectivity index (χ4v) is 2.69. The van der Waals surface area contributed by atoms with Crippen LogP contribution in [-0.4, -0.2) is 0 Å². The van der Waals surface area contributed by atoms with Gasteiger partial charge in [0.15, 0.2) is 0 Å². The van der Waals surface area contributed by atoms with Crippen LogP contribution in [-0.2, 0) is 0 Å². The first kappa shape index (κ1) is 22.2. The summed E-state index contributed by atoms with van der Waals surface area (Å²) in [7, 11) is 0. The molecule has 0 atom stereocenters. The van der Waals surface area contributed by atoms with Gasteiger partial charge in [0.25, 0.3) is 0 Å².